The monoisotopic (exact) mass is 317 g/mol. The van der Waals surface area contributed by atoms with Gasteiger partial charge in [0.25, 0.3) is 5.91 Å². The van der Waals surface area contributed by atoms with Gasteiger partial charge in [-0.2, -0.15) is 0 Å². The van der Waals surface area contributed by atoms with Gasteiger partial charge < -0.3 is 10.0 Å². The van der Waals surface area contributed by atoms with Gasteiger partial charge in [-0.05, 0) is 48.3 Å². The number of aliphatic hydroxyl groups excluding tert-OH is 1. The first-order valence-corrected chi connectivity index (χ1v) is 6.64. The van der Waals surface area contributed by atoms with Crippen molar-refractivity contribution in [3.8, 4) is 0 Å². The SMILES string of the molecule is CC(C)N(CCCO)C(=O)c1cccc(F)c1Br. The normalized spacial score (nSPS) is 10.8. The van der Waals surface area contributed by atoms with E-state index in [9.17, 15) is 9.18 Å². The molecule has 0 saturated carbocycles. The summed E-state index contributed by atoms with van der Waals surface area (Å²) < 4.78 is 13.6. The molecule has 1 aromatic rings. The van der Waals surface area contributed by atoms with Crippen molar-refractivity contribution in [2.75, 3.05) is 13.2 Å². The summed E-state index contributed by atoms with van der Waals surface area (Å²) in [6, 6.07) is 4.40. The van der Waals surface area contributed by atoms with Gasteiger partial charge in [0.05, 0.1) is 10.0 Å². The minimum Gasteiger partial charge on any atom is -0.396 e. The van der Waals surface area contributed by atoms with Gasteiger partial charge >= 0.3 is 0 Å². The molecular weight excluding hydrogens is 301 g/mol. The Morgan fingerprint density at radius 1 is 1.50 bits per heavy atom. The van der Waals surface area contributed by atoms with Gasteiger partial charge in [0.2, 0.25) is 0 Å². The lowest BCUT2D eigenvalue weighted by Crippen LogP contribution is -2.38. The molecule has 1 N–H and O–H groups in total. The molecule has 0 aliphatic heterocycles. The van der Waals surface area contributed by atoms with Crippen LogP contribution in [0.15, 0.2) is 22.7 Å². The van der Waals surface area contributed by atoms with E-state index in [1.807, 2.05) is 13.8 Å². The Morgan fingerprint density at radius 2 is 2.17 bits per heavy atom. The van der Waals surface area contributed by atoms with Gasteiger partial charge in [-0.25, -0.2) is 4.39 Å². The fourth-order valence-corrected chi connectivity index (χ4v) is 2.09. The molecule has 18 heavy (non-hydrogen) atoms. The van der Waals surface area contributed by atoms with Crippen LogP contribution in [0.1, 0.15) is 30.6 Å². The molecule has 0 aliphatic carbocycles. The molecule has 1 amide bonds. The van der Waals surface area contributed by atoms with Gasteiger partial charge in [-0.3, -0.25) is 4.79 Å². The number of carbonyl (C=O) groups is 1. The van der Waals surface area contributed by atoms with Gasteiger partial charge in [-0.15, -0.1) is 0 Å². The number of hydrogen-bond donors (Lipinski definition) is 1. The Balaban J connectivity index is 2.98. The highest BCUT2D eigenvalue weighted by molar-refractivity contribution is 9.10. The fourth-order valence-electron chi connectivity index (χ4n) is 1.66. The third-order valence-corrected chi connectivity index (χ3v) is 3.43. The summed E-state index contributed by atoms with van der Waals surface area (Å²) in [5.41, 5.74) is 0.307. The zero-order valence-corrected chi connectivity index (χ0v) is 12.1. The molecule has 5 heteroatoms. The van der Waals surface area contributed by atoms with Crippen LogP contribution in [0.3, 0.4) is 0 Å². The lowest BCUT2D eigenvalue weighted by molar-refractivity contribution is 0.0691. The van der Waals surface area contributed by atoms with E-state index in [2.05, 4.69) is 15.9 Å². The number of rotatable bonds is 5. The van der Waals surface area contributed by atoms with Gasteiger partial charge in [-0.1, -0.05) is 6.07 Å². The van der Waals surface area contributed by atoms with Crippen LogP contribution in [0.5, 0.6) is 0 Å². The minimum absolute atomic E-state index is 0.000725. The quantitative estimate of drug-likeness (QED) is 0.907. The van der Waals surface area contributed by atoms with E-state index in [0.29, 0.717) is 18.5 Å². The zero-order valence-electron chi connectivity index (χ0n) is 10.5. The molecule has 0 bridgehead atoms. The van der Waals surface area contributed by atoms with Crippen molar-refractivity contribution < 1.29 is 14.3 Å². The van der Waals surface area contributed by atoms with Gasteiger partial charge in [0, 0.05) is 19.2 Å². The van der Waals surface area contributed by atoms with E-state index >= 15 is 0 Å². The number of amides is 1. The minimum atomic E-state index is -0.452. The molecule has 100 valence electrons. The molecule has 0 aliphatic rings. The first-order chi connectivity index (χ1) is 8.49. The number of hydrogen-bond acceptors (Lipinski definition) is 2. The molecule has 0 spiro atoms. The first kappa shape index (κ1) is 15.1. The van der Waals surface area contributed by atoms with E-state index in [1.54, 1.807) is 11.0 Å². The standard InChI is InChI=1S/C13H17BrFNO2/c1-9(2)16(7-4-8-17)13(18)10-5-3-6-11(15)12(10)14/h3,5-6,9,17H,4,7-8H2,1-2H3. The van der Waals surface area contributed by atoms with Crippen molar-refractivity contribution >= 4 is 21.8 Å². The number of aliphatic hydroxyl groups is 1. The molecule has 3 nitrogen and oxygen atoms in total. The highest BCUT2D eigenvalue weighted by atomic mass is 79.9. The Morgan fingerprint density at radius 3 is 2.72 bits per heavy atom. The molecule has 0 heterocycles. The van der Waals surface area contributed by atoms with Crippen molar-refractivity contribution in [3.05, 3.63) is 34.1 Å². The Hall–Kier alpha value is -0.940. The predicted molar refractivity (Wildman–Crippen MR) is 72.0 cm³/mol. The second-order valence-corrected chi connectivity index (χ2v) is 5.06. The zero-order chi connectivity index (χ0) is 13.7. The van der Waals surface area contributed by atoms with Crippen LogP contribution >= 0.6 is 15.9 Å². The highest BCUT2D eigenvalue weighted by Crippen LogP contribution is 2.22. The molecule has 1 aromatic carbocycles. The predicted octanol–water partition coefficient (Wildman–Crippen LogP) is 2.82. The summed E-state index contributed by atoms with van der Waals surface area (Å²) in [7, 11) is 0. The fraction of sp³-hybridized carbons (Fsp3) is 0.462. The Labute approximate surface area is 115 Å². The lowest BCUT2D eigenvalue weighted by atomic mass is 10.1. The molecule has 0 fully saturated rings. The molecule has 0 unspecified atom stereocenters. The van der Waals surface area contributed by atoms with Crippen molar-refractivity contribution in [3.63, 3.8) is 0 Å². The van der Waals surface area contributed by atoms with Crippen molar-refractivity contribution in [2.45, 2.75) is 26.3 Å². The molecule has 0 atom stereocenters. The third kappa shape index (κ3) is 3.53. The second kappa shape index (κ2) is 6.85. The summed E-state index contributed by atoms with van der Waals surface area (Å²) in [4.78, 5) is 13.9. The summed E-state index contributed by atoms with van der Waals surface area (Å²) in [6.07, 6.45) is 0.511. The average Bonchev–Trinajstić information content (AvgIpc) is 2.32. The maximum Gasteiger partial charge on any atom is 0.255 e. The molecule has 1 rings (SSSR count). The maximum atomic E-state index is 13.4. The van der Waals surface area contributed by atoms with Crippen LogP contribution in [0.4, 0.5) is 4.39 Å². The smallest absolute Gasteiger partial charge is 0.255 e. The number of carbonyl (C=O) groups excluding carboxylic acids is 1. The molecule has 0 radical (unpaired) electrons. The van der Waals surface area contributed by atoms with Crippen LogP contribution in [-0.4, -0.2) is 35.1 Å². The lowest BCUT2D eigenvalue weighted by Gasteiger charge is -2.27. The van der Waals surface area contributed by atoms with Crippen LogP contribution in [0.25, 0.3) is 0 Å². The molecule has 0 aromatic heterocycles. The van der Waals surface area contributed by atoms with Crippen molar-refractivity contribution in [2.24, 2.45) is 0 Å². The summed E-state index contributed by atoms with van der Waals surface area (Å²) in [6.45, 7) is 4.27. The van der Waals surface area contributed by atoms with Gasteiger partial charge in [0.15, 0.2) is 0 Å². The number of halogens is 2. The Kier molecular flexibility index (Phi) is 5.75. The van der Waals surface area contributed by atoms with Gasteiger partial charge in [0.1, 0.15) is 5.82 Å². The average molecular weight is 318 g/mol. The largest absolute Gasteiger partial charge is 0.396 e. The molecular formula is C13H17BrFNO2. The summed E-state index contributed by atoms with van der Waals surface area (Å²) in [5.74, 6) is -0.684. The van der Waals surface area contributed by atoms with Crippen molar-refractivity contribution in [1.82, 2.24) is 4.90 Å². The van der Waals surface area contributed by atoms with Crippen molar-refractivity contribution in [1.29, 1.82) is 0 Å². The van der Waals surface area contributed by atoms with E-state index in [-0.39, 0.29) is 23.0 Å². The summed E-state index contributed by atoms with van der Waals surface area (Å²) in [5, 5.41) is 8.84. The topological polar surface area (TPSA) is 40.5 Å². The first-order valence-electron chi connectivity index (χ1n) is 5.85. The summed E-state index contributed by atoms with van der Waals surface area (Å²) >= 11 is 3.09. The van der Waals surface area contributed by atoms with Crippen LogP contribution in [-0.2, 0) is 0 Å². The van der Waals surface area contributed by atoms with Crippen LogP contribution < -0.4 is 0 Å². The van der Waals surface area contributed by atoms with Crippen LogP contribution in [0.2, 0.25) is 0 Å². The van der Waals surface area contributed by atoms with Crippen LogP contribution in [0, 0.1) is 5.82 Å². The maximum absolute atomic E-state index is 13.4. The van der Waals surface area contributed by atoms with E-state index in [0.717, 1.165) is 0 Å². The number of benzene rings is 1. The van der Waals surface area contributed by atoms with E-state index in [4.69, 9.17) is 5.11 Å². The Bertz CT molecular complexity index is 423. The third-order valence-electron chi connectivity index (χ3n) is 2.62. The molecule has 0 saturated heterocycles. The number of nitrogens with zero attached hydrogens (tertiary/aromatic N) is 1. The van der Waals surface area contributed by atoms with E-state index in [1.165, 1.54) is 12.1 Å². The van der Waals surface area contributed by atoms with E-state index < -0.39 is 5.82 Å². The second-order valence-electron chi connectivity index (χ2n) is 4.27. The highest BCUT2D eigenvalue weighted by Gasteiger charge is 2.21.